The molecular weight excluding hydrogens is 336 g/mol. The number of hydrogen-bond acceptors (Lipinski definition) is 5. The summed E-state index contributed by atoms with van der Waals surface area (Å²) < 4.78 is 12.0. The average Bonchev–Trinajstić information content (AvgIpc) is 2.41. The summed E-state index contributed by atoms with van der Waals surface area (Å²) in [6, 6.07) is 10.1. The van der Waals surface area contributed by atoms with Gasteiger partial charge in [-0.2, -0.15) is 0 Å². The van der Waals surface area contributed by atoms with Crippen molar-refractivity contribution in [2.45, 2.75) is 62.5 Å². The smallest absolute Gasteiger partial charge is 0.137 e. The van der Waals surface area contributed by atoms with Crippen LogP contribution in [0.15, 0.2) is 46.2 Å². The van der Waals surface area contributed by atoms with Crippen molar-refractivity contribution in [1.82, 2.24) is 0 Å². The average molecular weight is 362 g/mol. The maximum absolute atomic E-state index is 9.80. The highest BCUT2D eigenvalue weighted by Crippen LogP contribution is 2.43. The van der Waals surface area contributed by atoms with Crippen LogP contribution < -0.4 is 9.47 Å². The first-order valence-electron chi connectivity index (χ1n) is 8.15. The third kappa shape index (κ3) is 6.09. The highest BCUT2D eigenvalue weighted by atomic mass is 32.2. The summed E-state index contributed by atoms with van der Waals surface area (Å²) >= 11 is 1.47. The van der Waals surface area contributed by atoms with Gasteiger partial charge in [-0.3, -0.25) is 0 Å². The van der Waals surface area contributed by atoms with Crippen LogP contribution in [0.25, 0.3) is 0 Å². The molecule has 2 N–H and O–H groups in total. The van der Waals surface area contributed by atoms with Gasteiger partial charge in [0.05, 0.1) is 9.79 Å². The van der Waals surface area contributed by atoms with Crippen molar-refractivity contribution < 1.29 is 19.7 Å². The molecule has 2 aromatic carbocycles. The Kier molecular flexibility index (Phi) is 5.47. The lowest BCUT2D eigenvalue weighted by Gasteiger charge is -2.25. The second kappa shape index (κ2) is 7.08. The SMILES string of the molecule is CC(C)(C)Oc1cc(O)ccc1Sc1ccc(O)cc1OC(C)(C)C. The molecular formula is C20H26O4S. The molecule has 0 heterocycles. The van der Waals surface area contributed by atoms with Gasteiger partial charge in [-0.05, 0) is 65.8 Å². The first kappa shape index (κ1) is 19.3. The van der Waals surface area contributed by atoms with E-state index < -0.39 is 0 Å². The fourth-order valence-corrected chi connectivity index (χ4v) is 3.01. The molecule has 0 fully saturated rings. The summed E-state index contributed by atoms with van der Waals surface area (Å²) in [6.07, 6.45) is 0. The fourth-order valence-electron chi connectivity index (χ4n) is 2.10. The van der Waals surface area contributed by atoms with Crippen molar-refractivity contribution in [2.24, 2.45) is 0 Å². The van der Waals surface area contributed by atoms with E-state index in [1.54, 1.807) is 24.3 Å². The predicted molar refractivity (Wildman–Crippen MR) is 101 cm³/mol. The highest BCUT2D eigenvalue weighted by molar-refractivity contribution is 7.99. The van der Waals surface area contributed by atoms with Crippen molar-refractivity contribution in [3.63, 3.8) is 0 Å². The molecule has 5 heteroatoms. The van der Waals surface area contributed by atoms with E-state index in [0.29, 0.717) is 11.5 Å². The van der Waals surface area contributed by atoms with Gasteiger partial charge >= 0.3 is 0 Å². The quantitative estimate of drug-likeness (QED) is 0.741. The van der Waals surface area contributed by atoms with E-state index >= 15 is 0 Å². The van der Waals surface area contributed by atoms with Gasteiger partial charge in [0.25, 0.3) is 0 Å². The van der Waals surface area contributed by atoms with Gasteiger partial charge in [0, 0.05) is 12.1 Å². The topological polar surface area (TPSA) is 58.9 Å². The zero-order chi connectivity index (χ0) is 18.8. The van der Waals surface area contributed by atoms with Gasteiger partial charge < -0.3 is 19.7 Å². The maximum Gasteiger partial charge on any atom is 0.137 e. The molecule has 0 radical (unpaired) electrons. The van der Waals surface area contributed by atoms with Crippen LogP contribution in [0, 0.1) is 0 Å². The van der Waals surface area contributed by atoms with Crippen LogP contribution in [0.3, 0.4) is 0 Å². The fraction of sp³-hybridized carbons (Fsp3) is 0.400. The molecule has 0 aliphatic heterocycles. The van der Waals surface area contributed by atoms with E-state index in [9.17, 15) is 10.2 Å². The summed E-state index contributed by atoms with van der Waals surface area (Å²) in [6.45, 7) is 11.8. The highest BCUT2D eigenvalue weighted by Gasteiger charge is 2.19. The number of ether oxygens (including phenoxy) is 2. The maximum atomic E-state index is 9.80. The lowest BCUT2D eigenvalue weighted by atomic mass is 10.2. The predicted octanol–water partition coefficient (Wildman–Crippen LogP) is 5.60. The van der Waals surface area contributed by atoms with Crippen molar-refractivity contribution in [3.8, 4) is 23.0 Å². The summed E-state index contributed by atoms with van der Waals surface area (Å²) in [7, 11) is 0. The van der Waals surface area contributed by atoms with Gasteiger partial charge in [-0.1, -0.05) is 11.8 Å². The monoisotopic (exact) mass is 362 g/mol. The Balaban J connectivity index is 2.40. The molecule has 2 aromatic rings. The summed E-state index contributed by atoms with van der Waals surface area (Å²) in [5.41, 5.74) is -0.772. The minimum Gasteiger partial charge on any atom is -0.508 e. The largest absolute Gasteiger partial charge is 0.508 e. The zero-order valence-electron chi connectivity index (χ0n) is 15.6. The molecule has 2 rings (SSSR count). The number of phenols is 2. The first-order valence-corrected chi connectivity index (χ1v) is 8.96. The van der Waals surface area contributed by atoms with Crippen LogP contribution in [0.4, 0.5) is 0 Å². The summed E-state index contributed by atoms with van der Waals surface area (Å²) in [5, 5.41) is 19.6. The Hall–Kier alpha value is -2.01. The van der Waals surface area contributed by atoms with Gasteiger partial charge in [0.2, 0.25) is 0 Å². The summed E-state index contributed by atoms with van der Waals surface area (Å²) in [5.74, 6) is 1.51. The van der Waals surface area contributed by atoms with E-state index in [2.05, 4.69) is 0 Å². The van der Waals surface area contributed by atoms with E-state index in [1.807, 2.05) is 53.7 Å². The normalized spacial score (nSPS) is 12.1. The van der Waals surface area contributed by atoms with Gasteiger partial charge in [0.1, 0.15) is 34.2 Å². The van der Waals surface area contributed by atoms with Crippen LogP contribution in [0.5, 0.6) is 23.0 Å². The van der Waals surface area contributed by atoms with Gasteiger partial charge in [-0.25, -0.2) is 0 Å². The molecule has 0 saturated carbocycles. The lowest BCUT2D eigenvalue weighted by Crippen LogP contribution is -2.23. The standard InChI is InChI=1S/C20H26O4S/c1-19(2,3)23-15-11-13(21)7-9-17(15)25-18-10-8-14(22)12-16(18)24-20(4,5)6/h7-12,21-22H,1-6H3. The first-order chi connectivity index (χ1) is 11.4. The molecule has 4 nitrogen and oxygen atoms in total. The third-order valence-corrected chi connectivity index (χ3v) is 4.02. The number of aromatic hydroxyl groups is 2. The number of phenolic OH excluding ortho intramolecular Hbond substituents is 2. The van der Waals surface area contributed by atoms with E-state index in [0.717, 1.165) is 9.79 Å². The van der Waals surface area contributed by atoms with Crippen molar-refractivity contribution in [2.75, 3.05) is 0 Å². The molecule has 0 aromatic heterocycles. The Morgan fingerprint density at radius 1 is 0.680 bits per heavy atom. The number of hydrogen-bond donors (Lipinski definition) is 2. The Morgan fingerprint density at radius 3 is 1.36 bits per heavy atom. The molecule has 0 amide bonds. The molecule has 136 valence electrons. The van der Waals surface area contributed by atoms with Gasteiger partial charge in [-0.15, -0.1) is 0 Å². The minimum atomic E-state index is -0.386. The Labute approximate surface area is 153 Å². The van der Waals surface area contributed by atoms with E-state index in [1.165, 1.54) is 11.8 Å². The van der Waals surface area contributed by atoms with Gasteiger partial charge in [0.15, 0.2) is 0 Å². The van der Waals surface area contributed by atoms with Crippen molar-refractivity contribution in [3.05, 3.63) is 36.4 Å². The molecule has 0 aliphatic rings. The van der Waals surface area contributed by atoms with Crippen LogP contribution >= 0.6 is 11.8 Å². The van der Waals surface area contributed by atoms with Crippen LogP contribution in [-0.4, -0.2) is 21.4 Å². The second-order valence-corrected chi connectivity index (χ2v) is 8.88. The van der Waals surface area contributed by atoms with Crippen LogP contribution in [0.2, 0.25) is 0 Å². The molecule has 25 heavy (non-hydrogen) atoms. The minimum absolute atomic E-state index is 0.153. The summed E-state index contributed by atoms with van der Waals surface area (Å²) in [4.78, 5) is 1.72. The molecule has 0 unspecified atom stereocenters. The van der Waals surface area contributed by atoms with Crippen molar-refractivity contribution in [1.29, 1.82) is 0 Å². The van der Waals surface area contributed by atoms with Crippen LogP contribution in [0.1, 0.15) is 41.5 Å². The Bertz CT molecular complexity index is 679. The van der Waals surface area contributed by atoms with E-state index in [-0.39, 0.29) is 22.7 Å². The number of benzene rings is 2. The Morgan fingerprint density at radius 2 is 1.04 bits per heavy atom. The van der Waals surface area contributed by atoms with E-state index in [4.69, 9.17) is 9.47 Å². The van der Waals surface area contributed by atoms with Crippen LogP contribution in [-0.2, 0) is 0 Å². The number of rotatable bonds is 4. The zero-order valence-corrected chi connectivity index (χ0v) is 16.4. The lowest BCUT2D eigenvalue weighted by molar-refractivity contribution is 0.126. The molecule has 0 aliphatic carbocycles. The molecule has 0 saturated heterocycles. The third-order valence-electron chi connectivity index (χ3n) is 2.91. The second-order valence-electron chi connectivity index (χ2n) is 7.79. The molecule has 0 bridgehead atoms. The molecule has 0 atom stereocenters. The van der Waals surface area contributed by atoms with Crippen molar-refractivity contribution >= 4 is 11.8 Å². The molecule has 0 spiro atoms.